The van der Waals surface area contributed by atoms with Gasteiger partial charge in [-0.25, -0.2) is 4.98 Å². The lowest BCUT2D eigenvalue weighted by Gasteiger charge is -2.12. The minimum atomic E-state index is 0.274. The number of hydrogen-bond donors (Lipinski definition) is 1. The van der Waals surface area contributed by atoms with Crippen LogP contribution in [0.25, 0.3) is 0 Å². The van der Waals surface area contributed by atoms with Crippen molar-refractivity contribution in [1.82, 2.24) is 9.97 Å². The molecule has 1 aromatic heterocycles. The van der Waals surface area contributed by atoms with Gasteiger partial charge in [-0.05, 0) is 68.3 Å². The first kappa shape index (κ1) is 20.7. The number of methoxy groups -OCH3 is 1. The van der Waals surface area contributed by atoms with Crippen molar-refractivity contribution in [3.63, 3.8) is 0 Å². The Morgan fingerprint density at radius 1 is 0.966 bits per heavy atom. The Balaban J connectivity index is 1.93. The highest BCUT2D eigenvalue weighted by Gasteiger charge is 2.13. The Labute approximate surface area is 184 Å². The first-order valence-electron chi connectivity index (χ1n) is 8.23. The number of aromatic nitrogens is 2. The summed E-state index contributed by atoms with van der Waals surface area (Å²) < 4.78 is 12.3. The summed E-state index contributed by atoms with van der Waals surface area (Å²) in [5.74, 6) is 1.10. The number of nitrogens with one attached hydrogen (secondary N) is 1. The van der Waals surface area contributed by atoms with Gasteiger partial charge in [0.25, 0.3) is 0 Å². The van der Waals surface area contributed by atoms with E-state index in [2.05, 4.69) is 59.3 Å². The third-order valence-electron chi connectivity index (χ3n) is 3.65. The summed E-state index contributed by atoms with van der Waals surface area (Å²) in [6, 6.07) is 16.1. The normalized spacial score (nSPS) is 10.1. The summed E-state index contributed by atoms with van der Waals surface area (Å²) in [7, 11) is 1.57. The minimum absolute atomic E-state index is 0.274. The van der Waals surface area contributed by atoms with Crippen molar-refractivity contribution in [1.29, 1.82) is 10.5 Å². The van der Waals surface area contributed by atoms with Crippen LogP contribution in [0.4, 0.5) is 11.6 Å². The Kier molecular flexibility index (Phi) is 6.78. The maximum atomic E-state index is 9.08. The van der Waals surface area contributed by atoms with Crippen molar-refractivity contribution >= 4 is 43.5 Å². The number of rotatable bonds is 6. The lowest BCUT2D eigenvalue weighted by atomic mass is 10.2. The number of hydrogen-bond acceptors (Lipinski definition) is 7. The van der Waals surface area contributed by atoms with E-state index in [1.54, 1.807) is 49.6 Å². The number of benzene rings is 2. The lowest BCUT2D eigenvalue weighted by molar-refractivity contribution is 0.181. The zero-order valence-corrected chi connectivity index (χ0v) is 18.3. The van der Waals surface area contributed by atoms with E-state index in [4.69, 9.17) is 20.0 Å². The molecule has 3 aromatic rings. The van der Waals surface area contributed by atoms with Crippen LogP contribution in [0, 0.1) is 22.7 Å². The second kappa shape index (κ2) is 9.48. The number of halogens is 2. The molecule has 1 heterocycles. The van der Waals surface area contributed by atoms with E-state index >= 15 is 0 Å². The molecule has 0 aliphatic heterocycles. The van der Waals surface area contributed by atoms with E-state index in [1.807, 2.05) is 0 Å². The van der Waals surface area contributed by atoms with Crippen LogP contribution in [0.5, 0.6) is 11.6 Å². The molecule has 0 bridgehead atoms. The molecule has 29 heavy (non-hydrogen) atoms. The number of nitrogens with zero attached hydrogens (tertiary/aromatic N) is 4. The van der Waals surface area contributed by atoms with Gasteiger partial charge in [0.1, 0.15) is 0 Å². The standard InChI is InChI=1S/C20H13Br2N5O2/c1-28-11-15-8-18(29-19-16(21)6-13(10-24)7-17(19)22)27-20(26-15)25-14-4-2-12(9-23)3-5-14/h2-8H,11H2,1H3,(H,25,26,27). The van der Waals surface area contributed by atoms with Crippen molar-refractivity contribution in [3.05, 3.63) is 68.2 Å². The second-order valence-corrected chi connectivity index (χ2v) is 7.46. The fourth-order valence-corrected chi connectivity index (χ4v) is 3.73. The van der Waals surface area contributed by atoms with Gasteiger partial charge in [-0.15, -0.1) is 0 Å². The van der Waals surface area contributed by atoms with E-state index in [1.165, 1.54) is 0 Å². The van der Waals surface area contributed by atoms with Crippen molar-refractivity contribution in [2.24, 2.45) is 0 Å². The molecule has 9 heteroatoms. The quantitative estimate of drug-likeness (QED) is 0.467. The van der Waals surface area contributed by atoms with Gasteiger partial charge >= 0.3 is 0 Å². The Morgan fingerprint density at radius 2 is 1.62 bits per heavy atom. The molecule has 0 unspecified atom stereocenters. The average Bonchev–Trinajstić information content (AvgIpc) is 2.71. The van der Waals surface area contributed by atoms with Crippen LogP contribution in [0.3, 0.4) is 0 Å². The minimum Gasteiger partial charge on any atom is -0.436 e. The molecule has 144 valence electrons. The zero-order chi connectivity index (χ0) is 20.8. The van der Waals surface area contributed by atoms with Crippen molar-refractivity contribution in [3.8, 4) is 23.8 Å². The van der Waals surface area contributed by atoms with Crippen molar-refractivity contribution in [2.45, 2.75) is 6.61 Å². The number of nitriles is 2. The molecule has 3 rings (SSSR count). The molecule has 0 saturated carbocycles. The van der Waals surface area contributed by atoms with Gasteiger partial charge in [-0.1, -0.05) is 0 Å². The molecule has 0 fully saturated rings. The first-order valence-corrected chi connectivity index (χ1v) is 9.82. The van der Waals surface area contributed by atoms with Gasteiger partial charge in [0.15, 0.2) is 5.75 Å². The van der Waals surface area contributed by atoms with E-state index in [0.29, 0.717) is 43.3 Å². The maximum absolute atomic E-state index is 9.08. The van der Waals surface area contributed by atoms with Gasteiger partial charge in [-0.3, -0.25) is 0 Å². The van der Waals surface area contributed by atoms with E-state index in [0.717, 1.165) is 5.69 Å². The largest absolute Gasteiger partial charge is 0.436 e. The van der Waals surface area contributed by atoms with E-state index in [-0.39, 0.29) is 6.61 Å². The Morgan fingerprint density at radius 3 is 2.21 bits per heavy atom. The highest BCUT2D eigenvalue weighted by Crippen LogP contribution is 2.37. The van der Waals surface area contributed by atoms with E-state index in [9.17, 15) is 0 Å². The molecular weight excluding hydrogens is 502 g/mol. The summed E-state index contributed by atoms with van der Waals surface area (Å²) in [5.41, 5.74) is 2.39. The molecule has 0 aliphatic rings. The number of anilines is 2. The predicted molar refractivity (Wildman–Crippen MR) is 114 cm³/mol. The average molecular weight is 515 g/mol. The van der Waals surface area contributed by atoms with E-state index < -0.39 is 0 Å². The summed E-state index contributed by atoms with van der Waals surface area (Å²) in [5, 5.41) is 21.1. The molecule has 0 amide bonds. The lowest BCUT2D eigenvalue weighted by Crippen LogP contribution is -2.03. The molecule has 0 saturated heterocycles. The van der Waals surface area contributed by atoms with Crippen molar-refractivity contribution in [2.75, 3.05) is 12.4 Å². The van der Waals surface area contributed by atoms with Crippen molar-refractivity contribution < 1.29 is 9.47 Å². The molecule has 0 atom stereocenters. The van der Waals surface area contributed by atoms with Crippen LogP contribution < -0.4 is 10.1 Å². The van der Waals surface area contributed by atoms with Crippen LogP contribution >= 0.6 is 31.9 Å². The third-order valence-corrected chi connectivity index (χ3v) is 4.83. The van der Waals surface area contributed by atoms with Gasteiger partial charge in [0.2, 0.25) is 11.8 Å². The fraction of sp³-hybridized carbons (Fsp3) is 0.100. The first-order chi connectivity index (χ1) is 14.0. The Bertz CT molecular complexity index is 1100. The van der Waals surface area contributed by atoms with Gasteiger partial charge < -0.3 is 14.8 Å². The van der Waals surface area contributed by atoms with Crippen LogP contribution in [-0.2, 0) is 11.3 Å². The molecule has 7 nitrogen and oxygen atoms in total. The molecular formula is C20H13Br2N5O2. The molecule has 2 aromatic carbocycles. The summed E-state index contributed by atoms with van der Waals surface area (Å²) in [6.07, 6.45) is 0. The Hall–Kier alpha value is -2.98. The third kappa shape index (κ3) is 5.30. The van der Waals surface area contributed by atoms with Gasteiger partial charge in [-0.2, -0.15) is 15.5 Å². The molecule has 0 radical (unpaired) electrons. The van der Waals surface area contributed by atoms with Crippen LogP contribution in [0.15, 0.2) is 51.4 Å². The monoisotopic (exact) mass is 513 g/mol. The van der Waals surface area contributed by atoms with Crippen LogP contribution in [0.2, 0.25) is 0 Å². The molecule has 0 spiro atoms. The summed E-state index contributed by atoms with van der Waals surface area (Å²) in [4.78, 5) is 8.82. The van der Waals surface area contributed by atoms with Crippen LogP contribution in [-0.4, -0.2) is 17.1 Å². The van der Waals surface area contributed by atoms with Gasteiger partial charge in [0, 0.05) is 18.9 Å². The zero-order valence-electron chi connectivity index (χ0n) is 15.1. The predicted octanol–water partition coefficient (Wildman–Crippen LogP) is 5.43. The summed E-state index contributed by atoms with van der Waals surface area (Å²) in [6.45, 7) is 0.274. The SMILES string of the molecule is COCc1cc(Oc2c(Br)cc(C#N)cc2Br)nc(Nc2ccc(C#N)cc2)n1. The fourth-order valence-electron chi connectivity index (χ4n) is 2.39. The molecule has 1 N–H and O–H groups in total. The smallest absolute Gasteiger partial charge is 0.230 e. The summed E-state index contributed by atoms with van der Waals surface area (Å²) >= 11 is 6.83. The molecule has 0 aliphatic carbocycles. The number of ether oxygens (including phenoxy) is 2. The maximum Gasteiger partial charge on any atom is 0.230 e. The van der Waals surface area contributed by atoms with Gasteiger partial charge in [0.05, 0.1) is 44.5 Å². The highest BCUT2D eigenvalue weighted by molar-refractivity contribution is 9.11. The topological polar surface area (TPSA) is 104 Å². The van der Waals surface area contributed by atoms with Crippen LogP contribution in [0.1, 0.15) is 16.8 Å². The second-order valence-electron chi connectivity index (χ2n) is 5.75. The highest BCUT2D eigenvalue weighted by atomic mass is 79.9.